The van der Waals surface area contributed by atoms with Gasteiger partial charge in [0.1, 0.15) is 6.04 Å². The summed E-state index contributed by atoms with van der Waals surface area (Å²) in [7, 11) is 1.27. The lowest BCUT2D eigenvalue weighted by Gasteiger charge is -2.15. The fraction of sp³-hybridized carbons (Fsp3) is 0.353. The Morgan fingerprint density at radius 3 is 2.39 bits per heavy atom. The van der Waals surface area contributed by atoms with E-state index < -0.39 is 17.9 Å². The quantitative estimate of drug-likeness (QED) is 0.588. The van der Waals surface area contributed by atoms with Gasteiger partial charge >= 0.3 is 5.97 Å². The predicted octanol–water partition coefficient (Wildman–Crippen LogP) is 1.43. The Hall–Kier alpha value is -2.63. The summed E-state index contributed by atoms with van der Waals surface area (Å²) in [6.45, 7) is 3.59. The van der Waals surface area contributed by atoms with E-state index in [-0.39, 0.29) is 12.5 Å². The highest BCUT2D eigenvalue weighted by molar-refractivity contribution is 5.96. The number of methoxy groups -OCH3 is 1. The van der Waals surface area contributed by atoms with Crippen LogP contribution in [0, 0.1) is 0 Å². The molecule has 6 heteroatoms. The van der Waals surface area contributed by atoms with Gasteiger partial charge in [0.15, 0.2) is 0 Å². The summed E-state index contributed by atoms with van der Waals surface area (Å²) >= 11 is 0. The number of hydrogen-bond donors (Lipinski definition) is 2. The topological polar surface area (TPSA) is 84.5 Å². The normalized spacial score (nSPS) is 11.1. The van der Waals surface area contributed by atoms with Gasteiger partial charge in [0, 0.05) is 5.56 Å². The van der Waals surface area contributed by atoms with E-state index >= 15 is 0 Å². The highest BCUT2D eigenvalue weighted by Gasteiger charge is 2.20. The zero-order valence-corrected chi connectivity index (χ0v) is 13.6. The van der Waals surface area contributed by atoms with Crippen LogP contribution in [0.25, 0.3) is 0 Å². The van der Waals surface area contributed by atoms with Crippen molar-refractivity contribution in [3.63, 3.8) is 0 Å². The van der Waals surface area contributed by atoms with Gasteiger partial charge in [-0.15, -0.1) is 0 Å². The molecule has 2 N–H and O–H groups in total. The fourth-order valence-corrected chi connectivity index (χ4v) is 1.81. The fourth-order valence-electron chi connectivity index (χ4n) is 1.81. The number of amides is 2. The minimum atomic E-state index is -0.768. The number of hydrogen-bond acceptors (Lipinski definition) is 4. The molecule has 1 atom stereocenters. The third kappa shape index (κ3) is 6.78. The Labute approximate surface area is 135 Å². The van der Waals surface area contributed by atoms with Crippen LogP contribution in [0.4, 0.5) is 0 Å². The maximum atomic E-state index is 11.9. The lowest BCUT2D eigenvalue weighted by atomic mass is 10.1. The van der Waals surface area contributed by atoms with E-state index in [0.717, 1.165) is 5.57 Å². The lowest BCUT2D eigenvalue weighted by Crippen LogP contribution is -2.45. The van der Waals surface area contributed by atoms with Crippen molar-refractivity contribution in [2.45, 2.75) is 26.3 Å². The number of carbonyl (C=O) groups excluding carboxylic acids is 3. The predicted molar refractivity (Wildman–Crippen MR) is 86.8 cm³/mol. The molecule has 124 valence electrons. The van der Waals surface area contributed by atoms with Gasteiger partial charge in [-0.2, -0.15) is 0 Å². The van der Waals surface area contributed by atoms with E-state index in [0.29, 0.717) is 12.0 Å². The molecule has 0 bridgehead atoms. The van der Waals surface area contributed by atoms with Crippen molar-refractivity contribution in [1.29, 1.82) is 0 Å². The Bertz CT molecular complexity index is 578. The average molecular weight is 318 g/mol. The molecule has 0 aliphatic rings. The van der Waals surface area contributed by atoms with Crippen LogP contribution < -0.4 is 10.6 Å². The molecule has 1 aromatic carbocycles. The molecule has 0 saturated carbocycles. The number of esters is 1. The second-order valence-electron chi connectivity index (χ2n) is 5.21. The summed E-state index contributed by atoms with van der Waals surface area (Å²) in [6.07, 6.45) is 2.18. The highest BCUT2D eigenvalue weighted by atomic mass is 16.5. The van der Waals surface area contributed by atoms with Gasteiger partial charge in [-0.05, 0) is 32.4 Å². The van der Waals surface area contributed by atoms with Gasteiger partial charge in [0.25, 0.3) is 5.91 Å². The molecule has 0 radical (unpaired) electrons. The first-order valence-electron chi connectivity index (χ1n) is 7.28. The van der Waals surface area contributed by atoms with Crippen LogP contribution in [0.5, 0.6) is 0 Å². The summed E-state index contributed by atoms with van der Waals surface area (Å²) < 4.78 is 4.67. The van der Waals surface area contributed by atoms with Crippen molar-refractivity contribution >= 4 is 17.8 Å². The standard InChI is InChI=1S/C17H22N2O4/c1-12(2)9-10-14(17(22)23-3)19-15(20)11-18-16(21)13-7-5-4-6-8-13/h4-9,14H,10-11H2,1-3H3,(H,18,21)(H,19,20)/t14-/m0/s1. The molecule has 0 aliphatic carbocycles. The molecule has 0 saturated heterocycles. The molecule has 6 nitrogen and oxygen atoms in total. The first-order chi connectivity index (χ1) is 10.9. The molecule has 0 aliphatic heterocycles. The first-order valence-corrected chi connectivity index (χ1v) is 7.28. The molecule has 0 unspecified atom stereocenters. The molecule has 0 heterocycles. The van der Waals surface area contributed by atoms with Crippen LogP contribution in [0.2, 0.25) is 0 Å². The monoisotopic (exact) mass is 318 g/mol. The van der Waals surface area contributed by atoms with Gasteiger partial charge in [0.05, 0.1) is 13.7 Å². The largest absolute Gasteiger partial charge is 0.467 e. The zero-order valence-electron chi connectivity index (χ0n) is 13.6. The van der Waals surface area contributed by atoms with Gasteiger partial charge in [0.2, 0.25) is 5.91 Å². The van der Waals surface area contributed by atoms with Crippen molar-refractivity contribution in [3.05, 3.63) is 47.5 Å². The van der Waals surface area contributed by atoms with E-state index in [2.05, 4.69) is 15.4 Å². The van der Waals surface area contributed by atoms with Crippen LogP contribution in [0.1, 0.15) is 30.6 Å². The second-order valence-corrected chi connectivity index (χ2v) is 5.21. The Balaban J connectivity index is 2.53. The molecule has 23 heavy (non-hydrogen) atoms. The number of allylic oxidation sites excluding steroid dienone is 1. The smallest absolute Gasteiger partial charge is 0.328 e. The number of rotatable bonds is 7. The SMILES string of the molecule is COC(=O)[C@H](CC=C(C)C)NC(=O)CNC(=O)c1ccccc1. The summed E-state index contributed by atoms with van der Waals surface area (Å²) in [5.74, 6) is -1.32. The van der Waals surface area contributed by atoms with Gasteiger partial charge in [-0.25, -0.2) is 4.79 Å². The van der Waals surface area contributed by atoms with Crippen LogP contribution in [0.15, 0.2) is 42.0 Å². The van der Waals surface area contributed by atoms with Gasteiger partial charge in [-0.3, -0.25) is 9.59 Å². The van der Waals surface area contributed by atoms with Crippen molar-refractivity contribution in [3.8, 4) is 0 Å². The summed E-state index contributed by atoms with van der Waals surface area (Å²) in [6, 6.07) is 7.81. The minimum Gasteiger partial charge on any atom is -0.467 e. The molecular formula is C17H22N2O4. The molecule has 1 aromatic rings. The number of nitrogens with one attached hydrogen (secondary N) is 2. The van der Waals surface area contributed by atoms with Gasteiger partial charge in [-0.1, -0.05) is 29.8 Å². The molecule has 0 spiro atoms. The molecule has 1 rings (SSSR count). The first kappa shape index (κ1) is 18.4. The van der Waals surface area contributed by atoms with Crippen molar-refractivity contribution in [2.24, 2.45) is 0 Å². The summed E-state index contributed by atoms with van der Waals surface area (Å²) in [4.78, 5) is 35.4. The summed E-state index contributed by atoms with van der Waals surface area (Å²) in [5, 5.41) is 5.06. The minimum absolute atomic E-state index is 0.212. The van der Waals surface area contributed by atoms with E-state index in [1.54, 1.807) is 30.3 Å². The third-order valence-electron chi connectivity index (χ3n) is 3.03. The Morgan fingerprint density at radius 1 is 1.17 bits per heavy atom. The highest BCUT2D eigenvalue weighted by Crippen LogP contribution is 2.01. The van der Waals surface area contributed by atoms with Crippen molar-refractivity contribution in [2.75, 3.05) is 13.7 Å². The molecule has 0 fully saturated rings. The van der Waals surface area contributed by atoms with E-state index in [1.165, 1.54) is 7.11 Å². The molecular weight excluding hydrogens is 296 g/mol. The lowest BCUT2D eigenvalue weighted by molar-refractivity contribution is -0.144. The maximum absolute atomic E-state index is 11.9. The molecule has 2 amide bonds. The van der Waals surface area contributed by atoms with E-state index in [9.17, 15) is 14.4 Å². The number of carbonyl (C=O) groups is 3. The van der Waals surface area contributed by atoms with Crippen molar-refractivity contribution < 1.29 is 19.1 Å². The van der Waals surface area contributed by atoms with Crippen LogP contribution >= 0.6 is 0 Å². The summed E-state index contributed by atoms with van der Waals surface area (Å²) in [5.41, 5.74) is 1.50. The molecule has 0 aromatic heterocycles. The van der Waals surface area contributed by atoms with Crippen LogP contribution in [-0.2, 0) is 14.3 Å². The second kappa shape index (κ2) is 9.40. The van der Waals surface area contributed by atoms with Gasteiger partial charge < -0.3 is 15.4 Å². The zero-order chi connectivity index (χ0) is 17.2. The Kier molecular flexibility index (Phi) is 7.53. The van der Waals surface area contributed by atoms with Crippen LogP contribution in [0.3, 0.4) is 0 Å². The van der Waals surface area contributed by atoms with E-state index in [4.69, 9.17) is 0 Å². The maximum Gasteiger partial charge on any atom is 0.328 e. The van der Waals surface area contributed by atoms with E-state index in [1.807, 2.05) is 19.9 Å². The number of benzene rings is 1. The van der Waals surface area contributed by atoms with Crippen LogP contribution in [-0.4, -0.2) is 37.5 Å². The third-order valence-corrected chi connectivity index (χ3v) is 3.03. The average Bonchev–Trinajstić information content (AvgIpc) is 2.56. The Morgan fingerprint density at radius 2 is 1.83 bits per heavy atom. The number of ether oxygens (including phenoxy) is 1. The van der Waals surface area contributed by atoms with Crippen molar-refractivity contribution in [1.82, 2.24) is 10.6 Å².